The second kappa shape index (κ2) is 9.75. The van der Waals surface area contributed by atoms with E-state index >= 15 is 0 Å². The largest absolute Gasteiger partial charge is 0.464 e. The molecule has 0 spiro atoms. The molecule has 1 saturated carbocycles. The van der Waals surface area contributed by atoms with E-state index in [0.717, 1.165) is 19.6 Å². The molecule has 0 N–H and O–H groups in total. The highest BCUT2D eigenvalue weighted by Gasteiger charge is 2.56. The van der Waals surface area contributed by atoms with Gasteiger partial charge in [0.05, 0.1) is 5.92 Å². The summed E-state index contributed by atoms with van der Waals surface area (Å²) >= 11 is 0. The van der Waals surface area contributed by atoms with Crippen LogP contribution in [0.2, 0.25) is 0 Å². The maximum atomic E-state index is 12.7. The van der Waals surface area contributed by atoms with Crippen molar-refractivity contribution in [3.05, 3.63) is 71.8 Å². The van der Waals surface area contributed by atoms with Gasteiger partial charge in [-0.15, -0.1) is 12.4 Å². The van der Waals surface area contributed by atoms with Crippen LogP contribution < -0.4 is 0 Å². The average molecular weight is 374 g/mol. The molecule has 140 valence electrons. The van der Waals surface area contributed by atoms with E-state index in [1.165, 1.54) is 11.1 Å². The molecule has 1 aliphatic carbocycles. The Balaban J connectivity index is 0.00000243. The van der Waals surface area contributed by atoms with Crippen LogP contribution in [0.3, 0.4) is 0 Å². The lowest BCUT2D eigenvalue weighted by molar-refractivity contribution is -0.145. The van der Waals surface area contributed by atoms with E-state index in [0.29, 0.717) is 6.61 Å². The highest BCUT2D eigenvalue weighted by Crippen LogP contribution is 2.60. The highest BCUT2D eigenvalue weighted by atomic mass is 35.5. The molecule has 0 saturated heterocycles. The van der Waals surface area contributed by atoms with Gasteiger partial charge in [-0.25, -0.2) is 0 Å². The first-order valence-electron chi connectivity index (χ1n) is 9.25. The fraction of sp³-hybridized carbons (Fsp3) is 0.409. The van der Waals surface area contributed by atoms with Crippen LogP contribution in [0.4, 0.5) is 0 Å². The SMILES string of the molecule is CCN(CC)CCOC(=O)C1C(c2ccccc2)C1c1ccccc1.Cl. The Morgan fingerprint density at radius 3 is 1.77 bits per heavy atom. The summed E-state index contributed by atoms with van der Waals surface area (Å²) in [6.45, 7) is 7.50. The molecule has 2 atom stereocenters. The molecule has 0 heterocycles. The zero-order valence-electron chi connectivity index (χ0n) is 15.5. The summed E-state index contributed by atoms with van der Waals surface area (Å²) in [6.07, 6.45) is 0. The van der Waals surface area contributed by atoms with Gasteiger partial charge in [0, 0.05) is 18.4 Å². The third-order valence-corrected chi connectivity index (χ3v) is 5.21. The lowest BCUT2D eigenvalue weighted by Gasteiger charge is -2.17. The van der Waals surface area contributed by atoms with Crippen LogP contribution in [0.15, 0.2) is 60.7 Å². The van der Waals surface area contributed by atoms with Gasteiger partial charge in [-0.2, -0.15) is 0 Å². The molecule has 3 nitrogen and oxygen atoms in total. The van der Waals surface area contributed by atoms with Gasteiger partial charge in [0.15, 0.2) is 0 Å². The monoisotopic (exact) mass is 373 g/mol. The molecule has 4 heteroatoms. The summed E-state index contributed by atoms with van der Waals surface area (Å²) in [5, 5.41) is 0. The summed E-state index contributed by atoms with van der Waals surface area (Å²) < 4.78 is 5.62. The number of hydrogen-bond acceptors (Lipinski definition) is 3. The van der Waals surface area contributed by atoms with Crippen molar-refractivity contribution in [2.45, 2.75) is 25.7 Å². The number of hydrogen-bond donors (Lipinski definition) is 0. The standard InChI is InChI=1S/C22H27NO2.ClH/c1-3-23(4-2)15-16-25-22(24)21-19(17-11-7-5-8-12-17)20(21)18-13-9-6-10-14-18;/h5-14,19-21H,3-4,15-16H2,1-2H3;1H. The predicted molar refractivity (Wildman–Crippen MR) is 108 cm³/mol. The average Bonchev–Trinajstić information content (AvgIpc) is 3.42. The van der Waals surface area contributed by atoms with Gasteiger partial charge >= 0.3 is 5.97 Å². The number of nitrogens with zero attached hydrogens (tertiary/aromatic N) is 1. The van der Waals surface area contributed by atoms with E-state index in [2.05, 4.69) is 43.0 Å². The molecule has 3 rings (SSSR count). The van der Waals surface area contributed by atoms with E-state index < -0.39 is 0 Å². The fourth-order valence-corrected chi connectivity index (χ4v) is 3.70. The number of carbonyl (C=O) groups excluding carboxylic acids is 1. The third-order valence-electron chi connectivity index (χ3n) is 5.21. The van der Waals surface area contributed by atoms with Gasteiger partial charge in [0.1, 0.15) is 6.61 Å². The number of esters is 1. The summed E-state index contributed by atoms with van der Waals surface area (Å²) in [5.41, 5.74) is 2.45. The van der Waals surface area contributed by atoms with Crippen LogP contribution in [-0.2, 0) is 9.53 Å². The van der Waals surface area contributed by atoms with Crippen LogP contribution in [0.1, 0.15) is 36.8 Å². The topological polar surface area (TPSA) is 29.5 Å². The smallest absolute Gasteiger partial charge is 0.310 e. The van der Waals surface area contributed by atoms with Crippen LogP contribution in [0.25, 0.3) is 0 Å². The summed E-state index contributed by atoms with van der Waals surface area (Å²) in [6, 6.07) is 20.6. The molecule has 0 aromatic heterocycles. The van der Waals surface area contributed by atoms with Crippen molar-refractivity contribution in [1.82, 2.24) is 4.90 Å². The first-order valence-corrected chi connectivity index (χ1v) is 9.25. The van der Waals surface area contributed by atoms with Crippen LogP contribution in [0, 0.1) is 5.92 Å². The van der Waals surface area contributed by atoms with Crippen molar-refractivity contribution in [1.29, 1.82) is 0 Å². The molecule has 2 unspecified atom stereocenters. The zero-order chi connectivity index (χ0) is 17.6. The molecule has 2 aromatic carbocycles. The number of rotatable bonds is 8. The molecule has 0 bridgehead atoms. The lowest BCUT2D eigenvalue weighted by Crippen LogP contribution is -2.28. The normalized spacial score (nSPS) is 21.1. The maximum Gasteiger partial charge on any atom is 0.310 e. The predicted octanol–water partition coefficient (Wildman–Crippen LogP) is 4.49. The minimum atomic E-state index is -0.0681. The maximum absolute atomic E-state index is 12.7. The molecule has 1 fully saturated rings. The van der Waals surface area contributed by atoms with Crippen molar-refractivity contribution in [3.63, 3.8) is 0 Å². The minimum Gasteiger partial charge on any atom is -0.464 e. The van der Waals surface area contributed by atoms with Gasteiger partial charge < -0.3 is 9.64 Å². The van der Waals surface area contributed by atoms with Crippen LogP contribution in [-0.4, -0.2) is 37.1 Å². The van der Waals surface area contributed by atoms with Crippen molar-refractivity contribution in [2.75, 3.05) is 26.2 Å². The molecule has 0 amide bonds. The Morgan fingerprint density at radius 1 is 0.885 bits per heavy atom. The summed E-state index contributed by atoms with van der Waals surface area (Å²) in [7, 11) is 0. The Labute approximate surface area is 162 Å². The van der Waals surface area contributed by atoms with Crippen molar-refractivity contribution < 1.29 is 9.53 Å². The van der Waals surface area contributed by atoms with E-state index in [1.807, 2.05) is 36.4 Å². The number of halogens is 1. The van der Waals surface area contributed by atoms with Gasteiger partial charge in [0.25, 0.3) is 0 Å². The van der Waals surface area contributed by atoms with E-state index in [1.54, 1.807) is 0 Å². The zero-order valence-corrected chi connectivity index (χ0v) is 16.3. The van der Waals surface area contributed by atoms with E-state index in [9.17, 15) is 4.79 Å². The summed E-state index contributed by atoms with van der Waals surface area (Å²) in [5.74, 6) is 0.325. The van der Waals surface area contributed by atoms with Gasteiger partial charge in [-0.05, 0) is 24.2 Å². The first kappa shape index (κ1) is 20.5. The number of benzene rings is 2. The van der Waals surface area contributed by atoms with E-state index in [4.69, 9.17) is 4.74 Å². The molecular formula is C22H28ClNO2. The van der Waals surface area contributed by atoms with Crippen molar-refractivity contribution in [2.24, 2.45) is 5.92 Å². The molecular weight excluding hydrogens is 346 g/mol. The molecule has 0 aliphatic heterocycles. The Hall–Kier alpha value is -1.84. The fourth-order valence-electron chi connectivity index (χ4n) is 3.70. The van der Waals surface area contributed by atoms with Crippen LogP contribution >= 0.6 is 12.4 Å². The second-order valence-corrected chi connectivity index (χ2v) is 6.59. The highest BCUT2D eigenvalue weighted by molar-refractivity contribution is 5.85. The Kier molecular flexibility index (Phi) is 7.67. The number of ether oxygens (including phenoxy) is 1. The lowest BCUT2D eigenvalue weighted by atomic mass is 10.0. The quantitative estimate of drug-likeness (QED) is 0.638. The molecule has 0 radical (unpaired) electrons. The Bertz CT molecular complexity index is 628. The third kappa shape index (κ3) is 4.66. The molecule has 1 aliphatic rings. The van der Waals surface area contributed by atoms with Crippen molar-refractivity contribution >= 4 is 18.4 Å². The minimum absolute atomic E-state index is 0. The first-order chi connectivity index (χ1) is 12.3. The van der Waals surface area contributed by atoms with Gasteiger partial charge in [0.2, 0.25) is 0 Å². The molecule has 26 heavy (non-hydrogen) atoms. The number of carbonyl (C=O) groups is 1. The van der Waals surface area contributed by atoms with Crippen molar-refractivity contribution in [3.8, 4) is 0 Å². The van der Waals surface area contributed by atoms with Crippen LogP contribution in [0.5, 0.6) is 0 Å². The van der Waals surface area contributed by atoms with Gasteiger partial charge in [-0.1, -0.05) is 74.5 Å². The molecule has 2 aromatic rings. The Morgan fingerprint density at radius 2 is 1.35 bits per heavy atom. The van der Waals surface area contributed by atoms with Gasteiger partial charge in [-0.3, -0.25) is 4.79 Å². The van der Waals surface area contributed by atoms with E-state index in [-0.39, 0.29) is 36.1 Å². The number of likely N-dealkylation sites (N-methyl/N-ethyl adjacent to an activating group) is 1. The summed E-state index contributed by atoms with van der Waals surface area (Å²) in [4.78, 5) is 15.0. The second-order valence-electron chi connectivity index (χ2n) is 6.59.